The van der Waals surface area contributed by atoms with E-state index < -0.39 is 5.97 Å². The van der Waals surface area contributed by atoms with Gasteiger partial charge in [-0.05, 0) is 6.92 Å². The van der Waals surface area contributed by atoms with Crippen molar-refractivity contribution in [1.82, 2.24) is 4.98 Å². The van der Waals surface area contributed by atoms with E-state index in [0.29, 0.717) is 5.69 Å². The van der Waals surface area contributed by atoms with Crippen molar-refractivity contribution in [1.29, 1.82) is 0 Å². The molecule has 0 aromatic carbocycles. The second kappa shape index (κ2) is 5.92. The Morgan fingerprint density at radius 1 is 1.25 bits per heavy atom. The van der Waals surface area contributed by atoms with Gasteiger partial charge < -0.3 is 4.74 Å². The molecule has 1 rings (SSSR count). The van der Waals surface area contributed by atoms with Crippen LogP contribution in [0, 0.1) is 0 Å². The number of rotatable bonds is 3. The van der Waals surface area contributed by atoms with Crippen LogP contribution in [0.25, 0.3) is 0 Å². The number of alkyl halides is 1. The summed E-state index contributed by atoms with van der Waals surface area (Å²) in [5.74, 6) is -0.625. The molecule has 1 aromatic heterocycles. The zero-order chi connectivity index (χ0) is 12.3. The molecule has 0 fully saturated rings. The number of hydrogen-bond donors (Lipinski definition) is 0. The molecule has 0 unspecified atom stereocenters. The van der Waals surface area contributed by atoms with Gasteiger partial charge in [0.1, 0.15) is 0 Å². The normalized spacial score (nSPS) is 10.3. The van der Waals surface area contributed by atoms with Crippen LogP contribution in [0.1, 0.15) is 23.1 Å². The minimum atomic E-state index is -0.655. The van der Waals surface area contributed by atoms with Gasteiger partial charge in [0.05, 0.1) is 33.2 Å². The molecule has 16 heavy (non-hydrogen) atoms. The zero-order valence-corrected chi connectivity index (χ0v) is 11.2. The quantitative estimate of drug-likeness (QED) is 0.627. The second-order valence-corrected chi connectivity index (χ2v) is 4.10. The number of nitrogens with zero attached hydrogens (tertiary/aromatic N) is 1. The van der Waals surface area contributed by atoms with E-state index in [2.05, 4.69) is 4.98 Å². The van der Waals surface area contributed by atoms with E-state index in [1.54, 1.807) is 6.92 Å². The van der Waals surface area contributed by atoms with Crippen molar-refractivity contribution in [2.75, 3.05) is 6.61 Å². The minimum Gasteiger partial charge on any atom is -0.461 e. The molecule has 0 radical (unpaired) electrons. The molecule has 3 nitrogen and oxygen atoms in total. The summed E-state index contributed by atoms with van der Waals surface area (Å²) in [6, 6.07) is 0. The van der Waals surface area contributed by atoms with Gasteiger partial charge in [-0.15, -0.1) is 11.6 Å². The molecular weight excluding hydrogens is 296 g/mol. The number of ether oxygens (including phenoxy) is 1. The first-order valence-electron chi connectivity index (χ1n) is 4.29. The first-order valence-corrected chi connectivity index (χ1v) is 5.96. The van der Waals surface area contributed by atoms with E-state index in [1.807, 2.05) is 0 Å². The largest absolute Gasteiger partial charge is 0.461 e. The molecule has 0 N–H and O–H groups in total. The van der Waals surface area contributed by atoms with Crippen molar-refractivity contribution in [2.24, 2.45) is 0 Å². The Labute approximate surface area is 113 Å². The summed E-state index contributed by atoms with van der Waals surface area (Å²) >= 11 is 23.1. The standard InChI is InChI=1S/C9H7Cl4NO2/c1-2-16-9(15)8-7(13)6(12)5(11)4(3-10)14-8/h2-3H2,1H3. The van der Waals surface area contributed by atoms with Crippen molar-refractivity contribution in [3.8, 4) is 0 Å². The Kier molecular flexibility index (Phi) is 5.12. The molecule has 1 aromatic rings. The number of carbonyl (C=O) groups is 1. The summed E-state index contributed by atoms with van der Waals surface area (Å²) in [6.45, 7) is 1.89. The fourth-order valence-corrected chi connectivity index (χ4v) is 1.91. The number of hydrogen-bond acceptors (Lipinski definition) is 3. The lowest BCUT2D eigenvalue weighted by Gasteiger charge is -2.08. The molecule has 0 saturated carbocycles. The van der Waals surface area contributed by atoms with Crippen molar-refractivity contribution in [3.63, 3.8) is 0 Å². The fourth-order valence-electron chi connectivity index (χ4n) is 0.983. The summed E-state index contributed by atoms with van der Waals surface area (Å²) in [6.07, 6.45) is 0. The van der Waals surface area contributed by atoms with Crippen LogP contribution in [0.2, 0.25) is 15.1 Å². The van der Waals surface area contributed by atoms with Gasteiger partial charge >= 0.3 is 5.97 Å². The van der Waals surface area contributed by atoms with E-state index >= 15 is 0 Å². The number of aromatic nitrogens is 1. The Hall–Kier alpha value is -0.220. The van der Waals surface area contributed by atoms with Gasteiger partial charge in [0.15, 0.2) is 5.69 Å². The molecule has 0 aliphatic heterocycles. The van der Waals surface area contributed by atoms with Crippen molar-refractivity contribution in [2.45, 2.75) is 12.8 Å². The maximum atomic E-state index is 11.5. The van der Waals surface area contributed by atoms with Crippen molar-refractivity contribution >= 4 is 52.4 Å². The zero-order valence-electron chi connectivity index (χ0n) is 8.19. The van der Waals surface area contributed by atoms with Gasteiger partial charge in [0, 0.05) is 0 Å². The number of pyridine rings is 1. The summed E-state index contributed by atoms with van der Waals surface area (Å²) in [7, 11) is 0. The van der Waals surface area contributed by atoms with Crippen LogP contribution in [0.15, 0.2) is 0 Å². The van der Waals surface area contributed by atoms with Crippen molar-refractivity contribution in [3.05, 3.63) is 26.5 Å². The monoisotopic (exact) mass is 301 g/mol. The van der Waals surface area contributed by atoms with Crippen LogP contribution in [0.4, 0.5) is 0 Å². The molecule has 7 heteroatoms. The summed E-state index contributed by atoms with van der Waals surface area (Å²) < 4.78 is 4.77. The first kappa shape index (κ1) is 13.8. The van der Waals surface area contributed by atoms with E-state index in [9.17, 15) is 4.79 Å². The Balaban J connectivity index is 3.29. The van der Waals surface area contributed by atoms with Crippen LogP contribution < -0.4 is 0 Å². The lowest BCUT2D eigenvalue weighted by atomic mass is 10.3. The Morgan fingerprint density at radius 2 is 1.88 bits per heavy atom. The van der Waals surface area contributed by atoms with Crippen LogP contribution in [-0.4, -0.2) is 17.6 Å². The van der Waals surface area contributed by atoms with Gasteiger partial charge in [-0.3, -0.25) is 0 Å². The molecule has 1 heterocycles. The molecule has 88 valence electrons. The van der Waals surface area contributed by atoms with Crippen LogP contribution in [0.5, 0.6) is 0 Å². The third-order valence-corrected chi connectivity index (χ3v) is 3.29. The highest BCUT2D eigenvalue weighted by Gasteiger charge is 2.21. The molecule has 0 aliphatic rings. The Bertz CT molecular complexity index is 422. The predicted molar refractivity (Wildman–Crippen MR) is 64.8 cm³/mol. The first-order chi connectivity index (χ1) is 7.52. The maximum absolute atomic E-state index is 11.5. The van der Waals surface area contributed by atoms with Gasteiger partial charge in [0.25, 0.3) is 0 Å². The average molecular weight is 303 g/mol. The highest BCUT2D eigenvalue weighted by Crippen LogP contribution is 2.34. The molecule has 0 spiro atoms. The van der Waals surface area contributed by atoms with E-state index in [1.165, 1.54) is 0 Å². The molecular formula is C9H7Cl4NO2. The molecule has 0 aliphatic carbocycles. The minimum absolute atomic E-state index is 0.0287. The number of esters is 1. The van der Waals surface area contributed by atoms with Crippen LogP contribution in [-0.2, 0) is 10.6 Å². The molecule has 0 saturated heterocycles. The summed E-state index contributed by atoms with van der Waals surface area (Å²) in [4.78, 5) is 15.4. The average Bonchev–Trinajstić information content (AvgIpc) is 2.27. The van der Waals surface area contributed by atoms with Gasteiger partial charge in [-0.2, -0.15) is 0 Å². The lowest BCUT2D eigenvalue weighted by Crippen LogP contribution is -2.10. The van der Waals surface area contributed by atoms with Gasteiger partial charge in [-0.25, -0.2) is 9.78 Å². The predicted octanol–water partition coefficient (Wildman–Crippen LogP) is 3.96. The summed E-state index contributed by atoms with van der Waals surface area (Å²) in [5, 5.41) is 0.172. The van der Waals surface area contributed by atoms with E-state index in [0.717, 1.165) is 0 Å². The second-order valence-electron chi connectivity index (χ2n) is 2.70. The lowest BCUT2D eigenvalue weighted by molar-refractivity contribution is 0.0519. The SMILES string of the molecule is CCOC(=O)c1nc(CCl)c(Cl)c(Cl)c1Cl. The van der Waals surface area contributed by atoms with Crippen molar-refractivity contribution < 1.29 is 9.53 Å². The van der Waals surface area contributed by atoms with Crippen LogP contribution in [0.3, 0.4) is 0 Å². The maximum Gasteiger partial charge on any atom is 0.358 e. The van der Waals surface area contributed by atoms with Crippen LogP contribution >= 0.6 is 46.4 Å². The van der Waals surface area contributed by atoms with Gasteiger partial charge in [0.2, 0.25) is 0 Å². The smallest absolute Gasteiger partial charge is 0.358 e. The highest BCUT2D eigenvalue weighted by atomic mass is 35.5. The fraction of sp³-hybridized carbons (Fsp3) is 0.333. The Morgan fingerprint density at radius 3 is 2.38 bits per heavy atom. The molecule has 0 amide bonds. The topological polar surface area (TPSA) is 39.2 Å². The third kappa shape index (κ3) is 2.72. The summed E-state index contributed by atoms with van der Waals surface area (Å²) in [5.41, 5.74) is 0.217. The molecule has 0 atom stereocenters. The van der Waals surface area contributed by atoms with Gasteiger partial charge in [-0.1, -0.05) is 34.8 Å². The number of carbonyl (C=O) groups excluding carboxylic acids is 1. The molecule has 0 bridgehead atoms. The van der Waals surface area contributed by atoms with E-state index in [4.69, 9.17) is 51.1 Å². The van der Waals surface area contributed by atoms with E-state index in [-0.39, 0.29) is 33.2 Å². The third-order valence-electron chi connectivity index (χ3n) is 1.69. The highest BCUT2D eigenvalue weighted by molar-refractivity contribution is 6.49. The number of halogens is 4.